The van der Waals surface area contributed by atoms with Gasteiger partial charge in [-0.3, -0.25) is 14.3 Å². The van der Waals surface area contributed by atoms with E-state index in [2.05, 4.69) is 30.8 Å². The Kier molecular flexibility index (Phi) is 4.95. The van der Waals surface area contributed by atoms with Crippen LogP contribution in [0.2, 0.25) is 0 Å². The number of alkyl halides is 3. The standard InChI is InChI=1S/C21H20F3N7O/c22-21(23,24)16-11-31-17(2-1-3-18(31)29-16)27-12-4-6-13(7-5-12)28-20(32)14-8-9-25-19-15(14)10-26-30-19/h1-3,8-13,27H,4-7H2,(H,28,32)(H,25,26,30). The predicted molar refractivity (Wildman–Crippen MR) is 111 cm³/mol. The minimum absolute atomic E-state index is 0.0246. The summed E-state index contributed by atoms with van der Waals surface area (Å²) in [5, 5.41) is 13.8. The van der Waals surface area contributed by atoms with Crippen molar-refractivity contribution in [3.63, 3.8) is 0 Å². The Morgan fingerprint density at radius 2 is 1.91 bits per heavy atom. The largest absolute Gasteiger partial charge is 0.434 e. The van der Waals surface area contributed by atoms with Crippen molar-refractivity contribution < 1.29 is 18.0 Å². The Labute approximate surface area is 180 Å². The topological polar surface area (TPSA) is 100 Å². The van der Waals surface area contributed by atoms with Gasteiger partial charge in [0, 0.05) is 24.5 Å². The van der Waals surface area contributed by atoms with E-state index in [1.165, 1.54) is 4.40 Å². The van der Waals surface area contributed by atoms with E-state index < -0.39 is 11.9 Å². The highest BCUT2D eigenvalue weighted by molar-refractivity contribution is 6.05. The molecule has 1 aliphatic rings. The minimum atomic E-state index is -4.49. The van der Waals surface area contributed by atoms with Gasteiger partial charge in [-0.15, -0.1) is 0 Å². The first-order valence-electron chi connectivity index (χ1n) is 10.3. The lowest BCUT2D eigenvalue weighted by Crippen LogP contribution is -2.40. The smallest absolute Gasteiger partial charge is 0.368 e. The number of anilines is 1. The van der Waals surface area contributed by atoms with Gasteiger partial charge in [0.2, 0.25) is 0 Å². The molecule has 166 valence electrons. The highest BCUT2D eigenvalue weighted by Crippen LogP contribution is 2.30. The zero-order valence-corrected chi connectivity index (χ0v) is 16.9. The number of rotatable bonds is 4. The molecule has 4 aromatic rings. The van der Waals surface area contributed by atoms with Crippen LogP contribution in [-0.2, 0) is 6.18 Å². The van der Waals surface area contributed by atoms with E-state index in [9.17, 15) is 18.0 Å². The van der Waals surface area contributed by atoms with E-state index in [4.69, 9.17) is 0 Å². The Bertz CT molecular complexity index is 1270. The maximum atomic E-state index is 13.0. The Hall–Kier alpha value is -3.63. The van der Waals surface area contributed by atoms with Crippen molar-refractivity contribution in [1.82, 2.24) is 29.9 Å². The summed E-state index contributed by atoms with van der Waals surface area (Å²) in [6.45, 7) is 0. The van der Waals surface area contributed by atoms with E-state index in [1.807, 2.05) is 0 Å². The Balaban J connectivity index is 1.22. The first-order chi connectivity index (χ1) is 15.4. The number of amides is 1. The molecule has 5 rings (SSSR count). The second kappa shape index (κ2) is 7.81. The lowest BCUT2D eigenvalue weighted by atomic mass is 9.91. The summed E-state index contributed by atoms with van der Waals surface area (Å²) in [5.74, 6) is 0.398. The number of nitrogens with zero attached hydrogens (tertiary/aromatic N) is 4. The molecule has 32 heavy (non-hydrogen) atoms. The molecule has 1 aliphatic carbocycles. The summed E-state index contributed by atoms with van der Waals surface area (Å²) in [6.07, 6.45) is 2.74. The summed E-state index contributed by atoms with van der Waals surface area (Å²) in [5.41, 5.74) is 0.413. The molecule has 4 heterocycles. The van der Waals surface area contributed by atoms with Gasteiger partial charge in [-0.05, 0) is 43.9 Å². The van der Waals surface area contributed by atoms with Crippen molar-refractivity contribution in [2.75, 3.05) is 5.32 Å². The van der Waals surface area contributed by atoms with Gasteiger partial charge in [0.1, 0.15) is 11.5 Å². The summed E-state index contributed by atoms with van der Waals surface area (Å²) in [6, 6.07) is 6.75. The highest BCUT2D eigenvalue weighted by atomic mass is 19.4. The van der Waals surface area contributed by atoms with Crippen LogP contribution in [0.5, 0.6) is 0 Å². The molecule has 1 saturated carbocycles. The van der Waals surface area contributed by atoms with Crippen molar-refractivity contribution in [3.05, 3.63) is 54.1 Å². The molecular formula is C21H20F3N7O. The molecule has 1 fully saturated rings. The number of nitrogens with one attached hydrogen (secondary N) is 3. The number of H-pyrrole nitrogens is 1. The average Bonchev–Trinajstić information content (AvgIpc) is 3.42. The highest BCUT2D eigenvalue weighted by Gasteiger charge is 2.34. The number of hydrogen-bond acceptors (Lipinski definition) is 5. The number of hydrogen-bond donors (Lipinski definition) is 3. The molecule has 11 heteroatoms. The minimum Gasteiger partial charge on any atom is -0.368 e. The molecule has 0 atom stereocenters. The number of fused-ring (bicyclic) bond motifs is 2. The summed E-state index contributed by atoms with van der Waals surface area (Å²) >= 11 is 0. The van der Waals surface area contributed by atoms with Crippen LogP contribution in [-0.4, -0.2) is 42.6 Å². The van der Waals surface area contributed by atoms with Gasteiger partial charge < -0.3 is 10.6 Å². The first kappa shape index (κ1) is 20.3. The van der Waals surface area contributed by atoms with Gasteiger partial charge in [0.25, 0.3) is 5.91 Å². The number of imidazole rings is 1. The van der Waals surface area contributed by atoms with Crippen molar-refractivity contribution in [2.45, 2.75) is 43.9 Å². The quantitative estimate of drug-likeness (QED) is 0.446. The molecule has 0 unspecified atom stereocenters. The van der Waals surface area contributed by atoms with Gasteiger partial charge in [0.05, 0.1) is 17.1 Å². The molecule has 0 aliphatic heterocycles. The fraction of sp³-hybridized carbons (Fsp3) is 0.333. The maximum Gasteiger partial charge on any atom is 0.434 e. The molecule has 4 aromatic heterocycles. The van der Waals surface area contributed by atoms with Crippen LogP contribution < -0.4 is 10.6 Å². The second-order valence-corrected chi connectivity index (χ2v) is 7.92. The molecule has 0 bridgehead atoms. The van der Waals surface area contributed by atoms with Crippen LogP contribution in [0.1, 0.15) is 41.7 Å². The average molecular weight is 443 g/mol. The second-order valence-electron chi connectivity index (χ2n) is 7.92. The monoisotopic (exact) mass is 443 g/mol. The Morgan fingerprint density at radius 3 is 2.69 bits per heavy atom. The van der Waals surface area contributed by atoms with Crippen molar-refractivity contribution >= 4 is 28.4 Å². The lowest BCUT2D eigenvalue weighted by molar-refractivity contribution is -0.140. The Morgan fingerprint density at radius 1 is 1.12 bits per heavy atom. The van der Waals surface area contributed by atoms with Gasteiger partial charge in [-0.1, -0.05) is 6.07 Å². The number of halogens is 3. The third kappa shape index (κ3) is 3.85. The fourth-order valence-electron chi connectivity index (χ4n) is 4.17. The number of pyridine rings is 2. The molecule has 0 spiro atoms. The summed E-state index contributed by atoms with van der Waals surface area (Å²) in [4.78, 5) is 20.5. The van der Waals surface area contributed by atoms with E-state index in [0.29, 0.717) is 22.4 Å². The molecule has 0 radical (unpaired) electrons. The van der Waals surface area contributed by atoms with Crippen molar-refractivity contribution in [2.24, 2.45) is 0 Å². The summed E-state index contributed by atoms with van der Waals surface area (Å²) < 4.78 is 40.5. The van der Waals surface area contributed by atoms with E-state index in [1.54, 1.807) is 36.7 Å². The molecule has 0 saturated heterocycles. The van der Waals surface area contributed by atoms with Crippen LogP contribution in [0.25, 0.3) is 16.7 Å². The van der Waals surface area contributed by atoms with Crippen LogP contribution >= 0.6 is 0 Å². The molecule has 1 amide bonds. The predicted octanol–water partition coefficient (Wildman–Crippen LogP) is 3.78. The van der Waals surface area contributed by atoms with Gasteiger partial charge >= 0.3 is 6.18 Å². The molecular weight excluding hydrogens is 423 g/mol. The fourth-order valence-corrected chi connectivity index (χ4v) is 4.17. The summed E-state index contributed by atoms with van der Waals surface area (Å²) in [7, 11) is 0. The number of carbonyl (C=O) groups excluding carboxylic acids is 1. The van der Waals surface area contributed by atoms with Crippen LogP contribution in [0.3, 0.4) is 0 Å². The van der Waals surface area contributed by atoms with Crippen LogP contribution in [0, 0.1) is 0 Å². The SMILES string of the molecule is O=C(NC1CCC(Nc2cccc3nc(C(F)(F)F)cn23)CC1)c1ccnc2[nH]ncc12. The molecule has 0 aromatic carbocycles. The van der Waals surface area contributed by atoms with Crippen molar-refractivity contribution in [1.29, 1.82) is 0 Å². The van der Waals surface area contributed by atoms with Crippen LogP contribution in [0.4, 0.5) is 19.0 Å². The third-order valence-electron chi connectivity index (χ3n) is 5.80. The van der Waals surface area contributed by atoms with Gasteiger partial charge in [-0.2, -0.15) is 18.3 Å². The number of aromatic amines is 1. The van der Waals surface area contributed by atoms with E-state index >= 15 is 0 Å². The maximum absolute atomic E-state index is 13.0. The van der Waals surface area contributed by atoms with Crippen molar-refractivity contribution in [3.8, 4) is 0 Å². The molecule has 3 N–H and O–H groups in total. The third-order valence-corrected chi connectivity index (χ3v) is 5.80. The number of carbonyl (C=O) groups is 1. The molecule has 8 nitrogen and oxygen atoms in total. The van der Waals surface area contributed by atoms with Gasteiger partial charge in [-0.25, -0.2) is 9.97 Å². The lowest BCUT2D eigenvalue weighted by Gasteiger charge is -2.30. The normalized spacial score (nSPS) is 19.3. The van der Waals surface area contributed by atoms with E-state index in [0.717, 1.165) is 31.9 Å². The zero-order chi connectivity index (χ0) is 22.3. The first-order valence-corrected chi connectivity index (χ1v) is 10.3. The number of aromatic nitrogens is 5. The van der Waals surface area contributed by atoms with Crippen LogP contribution in [0.15, 0.2) is 42.9 Å². The van der Waals surface area contributed by atoms with Gasteiger partial charge in [0.15, 0.2) is 11.3 Å². The zero-order valence-electron chi connectivity index (χ0n) is 16.9. The van der Waals surface area contributed by atoms with E-state index in [-0.39, 0.29) is 23.6 Å².